The molecule has 0 radical (unpaired) electrons. The van der Waals surface area contributed by atoms with E-state index in [4.69, 9.17) is 4.74 Å². The van der Waals surface area contributed by atoms with Crippen LogP contribution in [-0.4, -0.2) is 37.7 Å². The summed E-state index contributed by atoms with van der Waals surface area (Å²) < 4.78 is 4.86. The second kappa shape index (κ2) is 4.75. The van der Waals surface area contributed by atoms with Crippen molar-refractivity contribution in [3.05, 3.63) is 0 Å². The van der Waals surface area contributed by atoms with Gasteiger partial charge < -0.3 is 10.1 Å². The number of ether oxygens (including phenoxy) is 1. The fraction of sp³-hybridized carbons (Fsp3) is 0.900. The van der Waals surface area contributed by atoms with E-state index >= 15 is 0 Å². The van der Waals surface area contributed by atoms with Gasteiger partial charge in [0.15, 0.2) is 0 Å². The average molecular weight is 200 g/mol. The number of carbonyl (C=O) groups is 1. The molecule has 1 saturated heterocycles. The van der Waals surface area contributed by atoms with Gasteiger partial charge in [0.05, 0.1) is 7.11 Å². The molecule has 1 rings (SSSR count). The number of hydrogen-bond acceptors (Lipinski definition) is 4. The monoisotopic (exact) mass is 200 g/mol. The SMILES string of the molecule is COC(=O)C1(NC(C)C)CCNCC1. The first-order chi connectivity index (χ1) is 6.60. The van der Waals surface area contributed by atoms with Crippen LogP contribution >= 0.6 is 0 Å². The molecule has 4 nitrogen and oxygen atoms in total. The Bertz CT molecular complexity index is 198. The van der Waals surface area contributed by atoms with Crippen LogP contribution in [0.2, 0.25) is 0 Å². The van der Waals surface area contributed by atoms with Gasteiger partial charge in [0.1, 0.15) is 5.54 Å². The molecular weight excluding hydrogens is 180 g/mol. The topological polar surface area (TPSA) is 50.4 Å². The van der Waals surface area contributed by atoms with E-state index in [1.807, 2.05) is 13.8 Å². The van der Waals surface area contributed by atoms with E-state index < -0.39 is 5.54 Å². The molecule has 0 aromatic carbocycles. The van der Waals surface area contributed by atoms with Gasteiger partial charge in [-0.15, -0.1) is 0 Å². The zero-order chi connectivity index (χ0) is 10.6. The largest absolute Gasteiger partial charge is 0.468 e. The van der Waals surface area contributed by atoms with E-state index in [0.29, 0.717) is 6.04 Å². The first-order valence-electron chi connectivity index (χ1n) is 5.17. The zero-order valence-corrected chi connectivity index (χ0v) is 9.22. The summed E-state index contributed by atoms with van der Waals surface area (Å²) in [6.07, 6.45) is 1.61. The second-order valence-electron chi connectivity index (χ2n) is 4.12. The van der Waals surface area contributed by atoms with Crippen LogP contribution in [0.5, 0.6) is 0 Å². The standard InChI is InChI=1S/C10H20N2O2/c1-8(2)12-10(9(13)14-3)4-6-11-7-5-10/h8,11-12H,4-7H2,1-3H3. The van der Waals surface area contributed by atoms with E-state index in [1.165, 1.54) is 7.11 Å². The van der Waals surface area contributed by atoms with Crippen molar-refractivity contribution in [1.29, 1.82) is 0 Å². The van der Waals surface area contributed by atoms with E-state index in [2.05, 4.69) is 10.6 Å². The minimum Gasteiger partial charge on any atom is -0.468 e. The van der Waals surface area contributed by atoms with Crippen molar-refractivity contribution < 1.29 is 9.53 Å². The summed E-state index contributed by atoms with van der Waals surface area (Å²) >= 11 is 0. The van der Waals surface area contributed by atoms with E-state index in [0.717, 1.165) is 25.9 Å². The lowest BCUT2D eigenvalue weighted by Crippen LogP contribution is -2.60. The molecule has 0 aliphatic carbocycles. The van der Waals surface area contributed by atoms with Crippen LogP contribution in [0.3, 0.4) is 0 Å². The summed E-state index contributed by atoms with van der Waals surface area (Å²) in [7, 11) is 1.45. The normalized spacial score (nSPS) is 20.9. The highest BCUT2D eigenvalue weighted by molar-refractivity contribution is 5.81. The Morgan fingerprint density at radius 2 is 2.00 bits per heavy atom. The summed E-state index contributed by atoms with van der Waals surface area (Å²) in [5, 5.41) is 6.58. The first kappa shape index (κ1) is 11.5. The van der Waals surface area contributed by atoms with Gasteiger partial charge in [-0.05, 0) is 39.8 Å². The van der Waals surface area contributed by atoms with Crippen molar-refractivity contribution >= 4 is 5.97 Å². The maximum absolute atomic E-state index is 11.7. The second-order valence-corrected chi connectivity index (χ2v) is 4.12. The van der Waals surface area contributed by atoms with Crippen LogP contribution in [0.4, 0.5) is 0 Å². The van der Waals surface area contributed by atoms with Crippen LogP contribution in [0.15, 0.2) is 0 Å². The summed E-state index contributed by atoms with van der Waals surface area (Å²) in [5.74, 6) is -0.132. The molecule has 1 heterocycles. The lowest BCUT2D eigenvalue weighted by Gasteiger charge is -2.37. The molecule has 0 amide bonds. The van der Waals surface area contributed by atoms with Crippen molar-refractivity contribution in [2.24, 2.45) is 0 Å². The summed E-state index contributed by atoms with van der Waals surface area (Å²) in [6, 6.07) is 0.298. The number of carbonyl (C=O) groups excluding carboxylic acids is 1. The number of hydrogen-bond donors (Lipinski definition) is 2. The van der Waals surface area contributed by atoms with Gasteiger partial charge in [-0.2, -0.15) is 0 Å². The Morgan fingerprint density at radius 3 is 2.43 bits per heavy atom. The minimum absolute atomic E-state index is 0.132. The predicted molar refractivity (Wildman–Crippen MR) is 55.1 cm³/mol. The highest BCUT2D eigenvalue weighted by Gasteiger charge is 2.40. The quantitative estimate of drug-likeness (QED) is 0.642. The molecule has 1 fully saturated rings. The maximum Gasteiger partial charge on any atom is 0.326 e. The Labute approximate surface area is 85.4 Å². The molecule has 1 aliphatic rings. The number of esters is 1. The maximum atomic E-state index is 11.7. The summed E-state index contributed by atoms with van der Waals surface area (Å²) in [6.45, 7) is 5.84. The Kier molecular flexibility index (Phi) is 3.89. The van der Waals surface area contributed by atoms with Gasteiger partial charge >= 0.3 is 5.97 Å². The third-order valence-electron chi connectivity index (χ3n) is 2.60. The van der Waals surface area contributed by atoms with Crippen molar-refractivity contribution in [1.82, 2.24) is 10.6 Å². The Morgan fingerprint density at radius 1 is 1.43 bits per heavy atom. The van der Waals surface area contributed by atoms with Crippen LogP contribution in [0.25, 0.3) is 0 Å². The molecule has 0 atom stereocenters. The molecule has 0 aromatic rings. The van der Waals surface area contributed by atoms with Gasteiger partial charge in [-0.1, -0.05) is 0 Å². The van der Waals surface area contributed by atoms with E-state index in [9.17, 15) is 4.79 Å². The molecule has 0 spiro atoms. The first-order valence-corrected chi connectivity index (χ1v) is 5.17. The number of piperidine rings is 1. The lowest BCUT2D eigenvalue weighted by molar-refractivity contribution is -0.150. The number of methoxy groups -OCH3 is 1. The molecule has 4 heteroatoms. The zero-order valence-electron chi connectivity index (χ0n) is 9.22. The fourth-order valence-electron chi connectivity index (χ4n) is 2.01. The minimum atomic E-state index is -0.464. The average Bonchev–Trinajstić information content (AvgIpc) is 2.17. The molecule has 0 unspecified atom stereocenters. The molecule has 0 bridgehead atoms. The van der Waals surface area contributed by atoms with Crippen molar-refractivity contribution in [3.63, 3.8) is 0 Å². The Hall–Kier alpha value is -0.610. The number of rotatable bonds is 3. The third-order valence-corrected chi connectivity index (χ3v) is 2.60. The van der Waals surface area contributed by atoms with E-state index in [1.54, 1.807) is 0 Å². The van der Waals surface area contributed by atoms with Crippen LogP contribution in [0, 0.1) is 0 Å². The third kappa shape index (κ3) is 2.45. The molecule has 0 aromatic heterocycles. The van der Waals surface area contributed by atoms with Crippen LogP contribution < -0.4 is 10.6 Å². The van der Waals surface area contributed by atoms with Gasteiger partial charge in [0.2, 0.25) is 0 Å². The summed E-state index contributed by atoms with van der Waals surface area (Å²) in [5.41, 5.74) is -0.464. The Balaban J connectivity index is 2.71. The van der Waals surface area contributed by atoms with Crippen molar-refractivity contribution in [3.8, 4) is 0 Å². The highest BCUT2D eigenvalue weighted by atomic mass is 16.5. The highest BCUT2D eigenvalue weighted by Crippen LogP contribution is 2.20. The lowest BCUT2D eigenvalue weighted by atomic mass is 9.87. The smallest absolute Gasteiger partial charge is 0.326 e. The molecule has 14 heavy (non-hydrogen) atoms. The molecule has 0 saturated carbocycles. The molecule has 82 valence electrons. The predicted octanol–water partition coefficient (Wildman–Crippen LogP) is 0.280. The summed E-state index contributed by atoms with van der Waals surface area (Å²) in [4.78, 5) is 11.7. The molecule has 1 aliphatic heterocycles. The van der Waals surface area contributed by atoms with Crippen LogP contribution in [-0.2, 0) is 9.53 Å². The number of nitrogens with one attached hydrogen (secondary N) is 2. The molecular formula is C10H20N2O2. The van der Waals surface area contributed by atoms with Gasteiger partial charge in [-0.3, -0.25) is 10.1 Å². The van der Waals surface area contributed by atoms with Gasteiger partial charge in [0.25, 0.3) is 0 Å². The fourth-order valence-corrected chi connectivity index (χ4v) is 2.01. The van der Waals surface area contributed by atoms with Gasteiger partial charge in [0, 0.05) is 6.04 Å². The van der Waals surface area contributed by atoms with Crippen molar-refractivity contribution in [2.75, 3.05) is 20.2 Å². The van der Waals surface area contributed by atoms with Crippen molar-refractivity contribution in [2.45, 2.75) is 38.3 Å². The van der Waals surface area contributed by atoms with E-state index in [-0.39, 0.29) is 5.97 Å². The molecule has 2 N–H and O–H groups in total. The van der Waals surface area contributed by atoms with Crippen LogP contribution in [0.1, 0.15) is 26.7 Å². The van der Waals surface area contributed by atoms with Gasteiger partial charge in [-0.25, -0.2) is 0 Å².